The van der Waals surface area contributed by atoms with Gasteiger partial charge in [-0.25, -0.2) is 4.39 Å². The number of nitrogens with zero attached hydrogens (tertiary/aromatic N) is 2. The summed E-state index contributed by atoms with van der Waals surface area (Å²) in [5.74, 6) is -0.169. The number of halogens is 1. The van der Waals surface area contributed by atoms with Crippen molar-refractivity contribution >= 4 is 22.5 Å². The van der Waals surface area contributed by atoms with E-state index in [9.17, 15) is 9.18 Å². The van der Waals surface area contributed by atoms with E-state index in [0.717, 1.165) is 37.9 Å². The summed E-state index contributed by atoms with van der Waals surface area (Å²) >= 11 is 0. The van der Waals surface area contributed by atoms with Crippen molar-refractivity contribution in [3.8, 4) is 0 Å². The average molecular weight is 391 g/mol. The molecule has 150 valence electrons. The first-order valence-electron chi connectivity index (χ1n) is 10.4. The topological polar surface area (TPSA) is 39.3 Å². The fraction of sp³-hybridized carbons (Fsp3) is 0.375. The van der Waals surface area contributed by atoms with Gasteiger partial charge in [0.25, 0.3) is 0 Å². The lowest BCUT2D eigenvalue weighted by Gasteiger charge is -2.48. The van der Waals surface area contributed by atoms with Crippen LogP contribution in [0, 0.1) is 5.82 Å². The minimum absolute atomic E-state index is 0.120. The molecule has 2 aliphatic heterocycles. The molecule has 2 aliphatic rings. The number of anilines is 1. The van der Waals surface area contributed by atoms with Gasteiger partial charge in [0.1, 0.15) is 5.82 Å². The summed E-state index contributed by atoms with van der Waals surface area (Å²) in [4.78, 5) is 20.4. The van der Waals surface area contributed by atoms with Crippen LogP contribution in [0.15, 0.2) is 54.7 Å². The minimum Gasteiger partial charge on any atom is -0.361 e. The highest BCUT2D eigenvalue weighted by atomic mass is 19.1. The molecule has 1 amide bonds. The van der Waals surface area contributed by atoms with E-state index < -0.39 is 0 Å². The van der Waals surface area contributed by atoms with Crippen LogP contribution >= 0.6 is 0 Å². The van der Waals surface area contributed by atoms with Gasteiger partial charge in [0.05, 0.1) is 5.54 Å². The molecule has 0 saturated carbocycles. The quantitative estimate of drug-likeness (QED) is 0.693. The van der Waals surface area contributed by atoms with Crippen molar-refractivity contribution in [3.63, 3.8) is 0 Å². The molecule has 3 aromatic rings. The molecular formula is C24H26FN3O. The molecule has 2 fully saturated rings. The van der Waals surface area contributed by atoms with Gasteiger partial charge in [-0.2, -0.15) is 0 Å². The maximum atomic E-state index is 13.8. The Morgan fingerprint density at radius 1 is 1.17 bits per heavy atom. The lowest BCUT2D eigenvalue weighted by molar-refractivity contribution is -0.117. The predicted octanol–water partition coefficient (Wildman–Crippen LogP) is 4.86. The summed E-state index contributed by atoms with van der Waals surface area (Å²) in [5, 5.41) is 1.24. The molecule has 1 N–H and O–H groups in total. The maximum Gasteiger partial charge on any atom is 0.227 e. The van der Waals surface area contributed by atoms with Crippen molar-refractivity contribution in [2.75, 3.05) is 11.4 Å². The van der Waals surface area contributed by atoms with E-state index in [1.54, 1.807) is 6.07 Å². The number of aromatic nitrogens is 1. The van der Waals surface area contributed by atoms with Gasteiger partial charge in [-0.05, 0) is 73.5 Å². The number of piperidine rings is 1. The summed E-state index contributed by atoms with van der Waals surface area (Å²) in [6.45, 7) is 4.10. The molecule has 29 heavy (non-hydrogen) atoms. The van der Waals surface area contributed by atoms with Gasteiger partial charge in [0.15, 0.2) is 0 Å². The van der Waals surface area contributed by atoms with Crippen molar-refractivity contribution in [1.29, 1.82) is 0 Å². The number of H-pyrrole nitrogens is 1. The molecule has 0 bridgehead atoms. The third kappa shape index (κ3) is 3.23. The molecule has 0 radical (unpaired) electrons. The second kappa shape index (κ2) is 6.99. The summed E-state index contributed by atoms with van der Waals surface area (Å²) < 4.78 is 13.8. The van der Waals surface area contributed by atoms with Crippen molar-refractivity contribution in [1.82, 2.24) is 9.88 Å². The zero-order valence-electron chi connectivity index (χ0n) is 16.7. The SMILES string of the molecule is C[C@@H]1C[C@]2(CCC(=O)N2c2cccc(F)c2)CCN1Cc1ccc2[nH]ccc2c1. The van der Waals surface area contributed by atoms with Crippen molar-refractivity contribution in [2.24, 2.45) is 0 Å². The van der Waals surface area contributed by atoms with Gasteiger partial charge in [-0.3, -0.25) is 9.69 Å². The Morgan fingerprint density at radius 2 is 2.07 bits per heavy atom. The van der Waals surface area contributed by atoms with Crippen LogP contribution in [0.1, 0.15) is 38.2 Å². The van der Waals surface area contributed by atoms with Crippen LogP contribution in [-0.4, -0.2) is 33.9 Å². The third-order valence-corrected chi connectivity index (χ3v) is 6.76. The van der Waals surface area contributed by atoms with Gasteiger partial charge in [-0.1, -0.05) is 12.1 Å². The Kier molecular flexibility index (Phi) is 4.43. The van der Waals surface area contributed by atoms with Gasteiger partial charge in [0, 0.05) is 43.0 Å². The van der Waals surface area contributed by atoms with Gasteiger partial charge in [-0.15, -0.1) is 0 Å². The Bertz CT molecular complexity index is 1060. The highest BCUT2D eigenvalue weighted by Crippen LogP contribution is 2.44. The van der Waals surface area contributed by atoms with E-state index >= 15 is 0 Å². The molecule has 5 heteroatoms. The lowest BCUT2D eigenvalue weighted by atomic mass is 9.81. The van der Waals surface area contributed by atoms with Crippen LogP contribution in [0.2, 0.25) is 0 Å². The van der Waals surface area contributed by atoms with Crippen LogP contribution in [0.3, 0.4) is 0 Å². The predicted molar refractivity (Wildman–Crippen MR) is 113 cm³/mol. The second-order valence-electron chi connectivity index (χ2n) is 8.61. The first-order chi connectivity index (χ1) is 14.0. The zero-order valence-corrected chi connectivity index (χ0v) is 16.7. The fourth-order valence-electron chi connectivity index (χ4n) is 5.31. The van der Waals surface area contributed by atoms with Crippen LogP contribution in [0.25, 0.3) is 10.9 Å². The van der Waals surface area contributed by atoms with Crippen LogP contribution in [0.4, 0.5) is 10.1 Å². The van der Waals surface area contributed by atoms with E-state index in [-0.39, 0.29) is 17.3 Å². The monoisotopic (exact) mass is 391 g/mol. The molecule has 3 heterocycles. The van der Waals surface area contributed by atoms with Gasteiger partial charge in [0.2, 0.25) is 5.91 Å². The van der Waals surface area contributed by atoms with E-state index in [1.807, 2.05) is 17.2 Å². The number of hydrogen-bond donors (Lipinski definition) is 1. The van der Waals surface area contributed by atoms with Crippen LogP contribution in [0.5, 0.6) is 0 Å². The summed E-state index contributed by atoms with van der Waals surface area (Å²) in [5.41, 5.74) is 2.98. The molecular weight excluding hydrogens is 365 g/mol. The molecule has 2 atom stereocenters. The molecule has 0 aliphatic carbocycles. The minimum atomic E-state index is -0.289. The van der Waals surface area contributed by atoms with E-state index in [0.29, 0.717) is 18.2 Å². The highest BCUT2D eigenvalue weighted by Gasteiger charge is 2.49. The van der Waals surface area contributed by atoms with Gasteiger partial charge >= 0.3 is 0 Å². The largest absolute Gasteiger partial charge is 0.361 e. The standard InChI is InChI=1S/C24H26FN3O/c1-17-15-24(9-7-23(29)28(24)21-4-2-3-20(25)14-21)10-12-27(17)16-18-5-6-22-19(13-18)8-11-26-22/h2-6,8,11,13-14,17,26H,7,9-10,12,15-16H2,1H3/t17-,24+/m1/s1. The van der Waals surface area contributed by atoms with Crippen molar-refractivity contribution in [2.45, 2.75) is 50.7 Å². The number of benzene rings is 2. The number of carbonyl (C=O) groups is 1. The van der Waals surface area contributed by atoms with Gasteiger partial charge < -0.3 is 9.88 Å². The first kappa shape index (κ1) is 18.4. The number of hydrogen-bond acceptors (Lipinski definition) is 2. The highest BCUT2D eigenvalue weighted by molar-refractivity contribution is 5.97. The zero-order chi connectivity index (χ0) is 20.0. The third-order valence-electron chi connectivity index (χ3n) is 6.76. The summed E-state index contributed by atoms with van der Waals surface area (Å²) in [6.07, 6.45) is 5.22. The number of rotatable bonds is 3. The maximum absolute atomic E-state index is 13.8. The number of fused-ring (bicyclic) bond motifs is 1. The fourth-order valence-corrected chi connectivity index (χ4v) is 5.31. The summed E-state index contributed by atoms with van der Waals surface area (Å²) in [6, 6.07) is 15.5. The lowest BCUT2D eigenvalue weighted by Crippen LogP contribution is -2.56. The van der Waals surface area contributed by atoms with Crippen LogP contribution < -0.4 is 4.90 Å². The number of carbonyl (C=O) groups excluding carboxylic acids is 1. The number of amides is 1. The average Bonchev–Trinajstić information content (AvgIpc) is 3.28. The van der Waals surface area contributed by atoms with Crippen molar-refractivity contribution < 1.29 is 9.18 Å². The number of nitrogens with one attached hydrogen (secondary N) is 1. The normalized spacial score (nSPS) is 25.4. The number of aromatic amines is 1. The molecule has 1 aromatic heterocycles. The molecule has 5 rings (SSSR count). The molecule has 0 unspecified atom stereocenters. The Balaban J connectivity index is 1.36. The Hall–Kier alpha value is -2.66. The molecule has 2 aromatic carbocycles. The first-order valence-corrected chi connectivity index (χ1v) is 10.4. The smallest absolute Gasteiger partial charge is 0.227 e. The molecule has 1 spiro atoms. The Morgan fingerprint density at radius 3 is 2.90 bits per heavy atom. The van der Waals surface area contributed by atoms with Crippen molar-refractivity contribution in [3.05, 3.63) is 66.1 Å². The van der Waals surface area contributed by atoms with E-state index in [4.69, 9.17) is 0 Å². The van der Waals surface area contributed by atoms with Crippen LogP contribution in [-0.2, 0) is 11.3 Å². The second-order valence-corrected chi connectivity index (χ2v) is 8.61. The molecule has 2 saturated heterocycles. The Labute approximate surface area is 170 Å². The van der Waals surface area contributed by atoms with E-state index in [2.05, 4.69) is 41.1 Å². The summed E-state index contributed by atoms with van der Waals surface area (Å²) in [7, 11) is 0. The van der Waals surface area contributed by atoms with E-state index in [1.165, 1.54) is 23.1 Å². The molecule has 4 nitrogen and oxygen atoms in total. The number of likely N-dealkylation sites (tertiary alicyclic amines) is 1.